The van der Waals surface area contributed by atoms with E-state index in [1.54, 1.807) is 6.08 Å². The summed E-state index contributed by atoms with van der Waals surface area (Å²) in [5, 5.41) is 5.20. The minimum atomic E-state index is -0.366. The SMILES string of the molecule is C=C/C(N=C)=C(\C=C)N1CC2=c3ccccc3=C(c3ccc4cc(C)ccc4c3)C3=CC(C)C4=C(C32C)C1(C)C=CC4C. The van der Waals surface area contributed by atoms with E-state index in [9.17, 15) is 0 Å². The molecule has 7 rings (SSSR count). The summed E-state index contributed by atoms with van der Waals surface area (Å²) in [6.07, 6.45) is 11.1. The van der Waals surface area contributed by atoms with Gasteiger partial charge < -0.3 is 4.90 Å². The van der Waals surface area contributed by atoms with Crippen molar-refractivity contribution in [1.29, 1.82) is 0 Å². The lowest BCUT2D eigenvalue weighted by molar-refractivity contribution is 0.197. The first-order valence-electron chi connectivity index (χ1n) is 15.4. The number of hydrogen-bond acceptors (Lipinski definition) is 2. The lowest BCUT2D eigenvalue weighted by atomic mass is 9.50. The maximum absolute atomic E-state index is 4.38. The van der Waals surface area contributed by atoms with Gasteiger partial charge in [-0.15, -0.1) is 0 Å². The van der Waals surface area contributed by atoms with Gasteiger partial charge >= 0.3 is 0 Å². The normalized spacial score (nSPS) is 27.7. The Hall–Kier alpha value is -4.43. The van der Waals surface area contributed by atoms with Crippen molar-refractivity contribution in [3.05, 3.63) is 154 Å². The Labute approximate surface area is 255 Å². The van der Waals surface area contributed by atoms with Gasteiger partial charge in [0.25, 0.3) is 0 Å². The number of piperidine rings is 1. The van der Waals surface area contributed by atoms with Gasteiger partial charge in [-0.05, 0) is 107 Å². The van der Waals surface area contributed by atoms with E-state index in [1.807, 2.05) is 6.08 Å². The standard InChI is InChI=1S/C41H40N2/c1-9-35(42-8)36(10-2)43-24-34-31-13-11-12-14-32(31)38(30-18-17-28-21-25(3)15-16-29(28)23-30)33-22-27(5)37-26(4)19-20-40(43,6)39(37)41(33,34)7/h9-23,26-27H,1-2,8,24H2,3-7H3/b36-35-. The van der Waals surface area contributed by atoms with Crippen LogP contribution in [-0.2, 0) is 0 Å². The fourth-order valence-electron chi connectivity index (χ4n) is 8.70. The van der Waals surface area contributed by atoms with Crippen LogP contribution in [0.15, 0.2) is 137 Å². The maximum Gasteiger partial charge on any atom is 0.0850 e. The van der Waals surface area contributed by atoms with Gasteiger partial charge in [0.1, 0.15) is 0 Å². The third kappa shape index (κ3) is 3.62. The Bertz CT molecular complexity index is 2020. The van der Waals surface area contributed by atoms with E-state index >= 15 is 0 Å². The molecule has 2 heteroatoms. The summed E-state index contributed by atoms with van der Waals surface area (Å²) >= 11 is 0. The van der Waals surface area contributed by atoms with Crippen molar-refractivity contribution in [2.45, 2.75) is 40.2 Å². The molecule has 1 heterocycles. The predicted octanol–water partition coefficient (Wildman–Crippen LogP) is 7.95. The molecule has 4 aliphatic rings. The molecule has 43 heavy (non-hydrogen) atoms. The first-order chi connectivity index (χ1) is 20.7. The van der Waals surface area contributed by atoms with E-state index < -0.39 is 0 Å². The quantitative estimate of drug-likeness (QED) is 0.176. The Balaban J connectivity index is 1.63. The van der Waals surface area contributed by atoms with Crippen molar-refractivity contribution in [2.24, 2.45) is 22.2 Å². The fourth-order valence-corrected chi connectivity index (χ4v) is 8.70. The molecular formula is C41H40N2. The molecule has 2 nitrogen and oxygen atoms in total. The molecule has 0 aromatic heterocycles. The zero-order chi connectivity index (χ0) is 30.3. The molecular weight excluding hydrogens is 520 g/mol. The highest BCUT2D eigenvalue weighted by Gasteiger charge is 2.58. The zero-order valence-corrected chi connectivity index (χ0v) is 26.0. The summed E-state index contributed by atoms with van der Waals surface area (Å²) in [6.45, 7) is 24.7. The molecule has 0 saturated carbocycles. The average molecular weight is 561 g/mol. The van der Waals surface area contributed by atoms with Crippen LogP contribution in [0.4, 0.5) is 0 Å². The van der Waals surface area contributed by atoms with Crippen molar-refractivity contribution < 1.29 is 0 Å². The highest BCUT2D eigenvalue weighted by molar-refractivity contribution is 5.95. The number of likely N-dealkylation sites (tertiary alicyclic amines) is 1. The molecule has 0 radical (unpaired) electrons. The molecule has 4 atom stereocenters. The van der Waals surface area contributed by atoms with Crippen LogP contribution in [0.1, 0.15) is 38.8 Å². The first-order valence-corrected chi connectivity index (χ1v) is 15.4. The molecule has 1 fully saturated rings. The monoisotopic (exact) mass is 560 g/mol. The number of hydrogen-bond donors (Lipinski definition) is 0. The second-order valence-electron chi connectivity index (χ2n) is 13.0. The number of aryl methyl sites for hydroxylation is 1. The highest BCUT2D eigenvalue weighted by atomic mass is 15.2. The molecule has 0 amide bonds. The van der Waals surface area contributed by atoms with E-state index in [-0.39, 0.29) is 11.0 Å². The van der Waals surface area contributed by atoms with Crippen LogP contribution in [0.25, 0.3) is 21.9 Å². The maximum atomic E-state index is 4.38. The van der Waals surface area contributed by atoms with E-state index in [4.69, 9.17) is 0 Å². The topological polar surface area (TPSA) is 15.6 Å². The van der Waals surface area contributed by atoms with Crippen LogP contribution >= 0.6 is 0 Å². The number of fused-ring (bicyclic) bond motifs is 2. The number of benzene rings is 3. The Morgan fingerprint density at radius 2 is 1.65 bits per heavy atom. The van der Waals surface area contributed by atoms with E-state index in [2.05, 4.69) is 143 Å². The van der Waals surface area contributed by atoms with E-state index in [1.165, 1.54) is 60.2 Å². The number of aliphatic imine (C=N–C) groups is 1. The van der Waals surface area contributed by atoms with Gasteiger partial charge in [0.05, 0.1) is 16.9 Å². The molecule has 3 aromatic carbocycles. The lowest BCUT2D eigenvalue weighted by Gasteiger charge is -2.61. The molecule has 3 aliphatic carbocycles. The Kier molecular flexibility index (Phi) is 6.08. The van der Waals surface area contributed by atoms with Gasteiger partial charge in [-0.25, -0.2) is 0 Å². The van der Waals surface area contributed by atoms with Crippen LogP contribution in [0, 0.1) is 24.2 Å². The van der Waals surface area contributed by atoms with Crippen LogP contribution in [0.3, 0.4) is 0 Å². The van der Waals surface area contributed by atoms with Crippen molar-refractivity contribution in [3.63, 3.8) is 0 Å². The van der Waals surface area contributed by atoms with Crippen LogP contribution in [-0.4, -0.2) is 23.7 Å². The summed E-state index contributed by atoms with van der Waals surface area (Å²) < 4.78 is 0. The van der Waals surface area contributed by atoms with Gasteiger partial charge in [-0.3, -0.25) is 4.99 Å². The second kappa shape index (κ2) is 9.54. The van der Waals surface area contributed by atoms with Gasteiger partial charge in [0, 0.05) is 12.0 Å². The van der Waals surface area contributed by atoms with Crippen molar-refractivity contribution >= 4 is 28.6 Å². The zero-order valence-electron chi connectivity index (χ0n) is 26.0. The average Bonchev–Trinajstić information content (AvgIpc) is 3.00. The minimum absolute atomic E-state index is 0.264. The first kappa shape index (κ1) is 27.4. The molecule has 0 N–H and O–H groups in total. The van der Waals surface area contributed by atoms with Crippen molar-refractivity contribution in [2.75, 3.05) is 6.54 Å². The van der Waals surface area contributed by atoms with Gasteiger partial charge in [-0.1, -0.05) is 111 Å². The van der Waals surface area contributed by atoms with Crippen LogP contribution < -0.4 is 10.4 Å². The molecule has 1 aliphatic heterocycles. The Morgan fingerprint density at radius 1 is 0.930 bits per heavy atom. The molecule has 4 unspecified atom stereocenters. The summed E-state index contributed by atoms with van der Waals surface area (Å²) in [7, 11) is 0. The Morgan fingerprint density at radius 3 is 2.37 bits per heavy atom. The summed E-state index contributed by atoms with van der Waals surface area (Å²) in [5.74, 6) is 0.653. The fraction of sp³-hybridized carbons (Fsp3) is 0.244. The van der Waals surface area contributed by atoms with Crippen LogP contribution in [0.5, 0.6) is 0 Å². The number of allylic oxidation sites excluding steroid dienone is 6. The van der Waals surface area contributed by atoms with Crippen LogP contribution in [0.2, 0.25) is 0 Å². The third-order valence-corrected chi connectivity index (χ3v) is 10.6. The largest absolute Gasteiger partial charge is 0.353 e. The van der Waals surface area contributed by atoms with Gasteiger partial charge in [-0.2, -0.15) is 0 Å². The molecule has 0 bridgehead atoms. The second-order valence-corrected chi connectivity index (χ2v) is 13.0. The smallest absolute Gasteiger partial charge is 0.0850 e. The summed E-state index contributed by atoms with van der Waals surface area (Å²) in [6, 6.07) is 22.8. The number of rotatable bonds is 5. The molecule has 214 valence electrons. The molecule has 1 saturated heterocycles. The lowest BCUT2D eigenvalue weighted by Crippen LogP contribution is -2.62. The van der Waals surface area contributed by atoms with Crippen molar-refractivity contribution in [1.82, 2.24) is 4.90 Å². The summed E-state index contributed by atoms with van der Waals surface area (Å²) in [5.41, 5.74) is 10.9. The predicted molar refractivity (Wildman–Crippen MR) is 183 cm³/mol. The van der Waals surface area contributed by atoms with E-state index in [0.29, 0.717) is 11.8 Å². The third-order valence-electron chi connectivity index (χ3n) is 10.6. The summed E-state index contributed by atoms with van der Waals surface area (Å²) in [4.78, 5) is 6.88. The van der Waals surface area contributed by atoms with Gasteiger partial charge in [0.15, 0.2) is 0 Å². The molecule has 0 spiro atoms. The minimum Gasteiger partial charge on any atom is -0.353 e. The molecule has 3 aromatic rings. The van der Waals surface area contributed by atoms with Gasteiger partial charge in [0.2, 0.25) is 0 Å². The van der Waals surface area contributed by atoms with Crippen molar-refractivity contribution in [3.8, 4) is 0 Å². The highest BCUT2D eigenvalue weighted by Crippen LogP contribution is 2.63. The van der Waals surface area contributed by atoms with E-state index in [0.717, 1.165) is 17.9 Å². The number of nitrogens with zero attached hydrogens (tertiary/aromatic N) is 2.